The minimum Gasteiger partial charge on any atom is -0.324 e. The van der Waals surface area contributed by atoms with E-state index in [1.54, 1.807) is 32.0 Å². The van der Waals surface area contributed by atoms with Crippen LogP contribution in [-0.4, -0.2) is 25.6 Å². The number of nitrogens with zero attached hydrogens (tertiary/aromatic N) is 3. The number of rotatable bonds is 5. The third-order valence-electron chi connectivity index (χ3n) is 3.75. The van der Waals surface area contributed by atoms with E-state index >= 15 is 0 Å². The van der Waals surface area contributed by atoms with Crippen molar-refractivity contribution in [2.75, 3.05) is 5.32 Å². The van der Waals surface area contributed by atoms with Crippen LogP contribution in [-0.2, 0) is 0 Å². The van der Waals surface area contributed by atoms with Crippen LogP contribution in [0.3, 0.4) is 0 Å². The van der Waals surface area contributed by atoms with E-state index < -0.39 is 10.8 Å². The van der Waals surface area contributed by atoms with Gasteiger partial charge < -0.3 is 9.88 Å². The largest absolute Gasteiger partial charge is 0.324 e. The first kappa shape index (κ1) is 16.4. The molecule has 2 heterocycles. The van der Waals surface area contributed by atoms with Gasteiger partial charge in [-0.15, -0.1) is 0 Å². The Morgan fingerprint density at radius 3 is 2.64 bits per heavy atom. The second-order valence-electron chi connectivity index (χ2n) is 5.84. The smallest absolute Gasteiger partial charge is 0.323 e. The highest BCUT2D eigenvalue weighted by Crippen LogP contribution is 2.28. The monoisotopic (exact) mass is 339 g/mol. The lowest BCUT2D eigenvalue weighted by Crippen LogP contribution is -2.14. The Labute approximate surface area is 143 Å². The number of nitrogens with one attached hydrogen (secondary N) is 2. The predicted molar refractivity (Wildman–Crippen MR) is 93.1 cm³/mol. The first-order valence-electron chi connectivity index (χ1n) is 7.74. The van der Waals surface area contributed by atoms with Gasteiger partial charge in [-0.25, -0.2) is 0 Å². The topological polar surface area (TPSA) is 106 Å². The molecule has 8 heteroatoms. The number of hydrogen-bond donors (Lipinski definition) is 2. The number of benzene rings is 1. The van der Waals surface area contributed by atoms with Crippen LogP contribution in [0.4, 0.5) is 11.4 Å². The van der Waals surface area contributed by atoms with Crippen LogP contribution in [0.1, 0.15) is 35.9 Å². The van der Waals surface area contributed by atoms with Crippen molar-refractivity contribution in [3.05, 3.63) is 70.3 Å². The molecule has 0 saturated heterocycles. The summed E-state index contributed by atoms with van der Waals surface area (Å²) in [6.45, 7) is 3.59. The van der Waals surface area contributed by atoms with E-state index in [0.717, 1.165) is 5.69 Å². The average Bonchev–Trinajstić information content (AvgIpc) is 3.24. The molecule has 25 heavy (non-hydrogen) atoms. The molecule has 0 aliphatic heterocycles. The van der Waals surface area contributed by atoms with Crippen molar-refractivity contribution in [2.45, 2.75) is 19.8 Å². The van der Waals surface area contributed by atoms with Crippen LogP contribution in [0.5, 0.6) is 0 Å². The van der Waals surface area contributed by atoms with Gasteiger partial charge in [-0.1, -0.05) is 19.9 Å². The number of aromatic amines is 1. The van der Waals surface area contributed by atoms with Crippen LogP contribution in [0.25, 0.3) is 5.69 Å². The Morgan fingerprint density at radius 2 is 2.00 bits per heavy atom. The quantitative estimate of drug-likeness (QED) is 0.548. The number of aromatic nitrogens is 3. The van der Waals surface area contributed by atoms with Gasteiger partial charge in [0.25, 0.3) is 5.91 Å². The van der Waals surface area contributed by atoms with Gasteiger partial charge in [0.05, 0.1) is 4.92 Å². The molecule has 3 aromatic rings. The summed E-state index contributed by atoms with van der Waals surface area (Å²) in [4.78, 5) is 23.2. The third kappa shape index (κ3) is 3.27. The maximum absolute atomic E-state index is 12.5. The first-order valence-corrected chi connectivity index (χ1v) is 7.74. The van der Waals surface area contributed by atoms with Gasteiger partial charge in [-0.2, -0.15) is 5.10 Å². The lowest BCUT2D eigenvalue weighted by molar-refractivity contribution is -0.385. The van der Waals surface area contributed by atoms with Crippen molar-refractivity contribution < 1.29 is 9.72 Å². The molecule has 0 atom stereocenters. The summed E-state index contributed by atoms with van der Waals surface area (Å²) in [5.74, 6) is -0.772. The summed E-state index contributed by atoms with van der Waals surface area (Å²) in [6.07, 6.45) is 3.77. The van der Waals surface area contributed by atoms with Gasteiger partial charge >= 0.3 is 5.69 Å². The second kappa shape index (κ2) is 6.60. The Kier molecular flexibility index (Phi) is 4.34. The summed E-state index contributed by atoms with van der Waals surface area (Å²) < 4.78 is 1.89. The molecule has 0 fully saturated rings. The van der Waals surface area contributed by atoms with E-state index in [0.29, 0.717) is 11.4 Å². The second-order valence-corrected chi connectivity index (χ2v) is 5.84. The zero-order valence-corrected chi connectivity index (χ0v) is 13.8. The molecule has 0 aliphatic rings. The van der Waals surface area contributed by atoms with Gasteiger partial charge in [0.2, 0.25) is 5.69 Å². The van der Waals surface area contributed by atoms with Crippen molar-refractivity contribution in [1.82, 2.24) is 14.8 Å². The van der Waals surface area contributed by atoms with Gasteiger partial charge in [0.15, 0.2) is 0 Å². The van der Waals surface area contributed by atoms with Crippen LogP contribution >= 0.6 is 0 Å². The van der Waals surface area contributed by atoms with Gasteiger partial charge in [-0.05, 0) is 30.3 Å². The number of nitro groups is 1. The summed E-state index contributed by atoms with van der Waals surface area (Å²) in [7, 11) is 0. The molecular weight excluding hydrogens is 322 g/mol. The lowest BCUT2D eigenvalue weighted by Gasteiger charge is -2.07. The maximum atomic E-state index is 12.5. The Balaban J connectivity index is 1.89. The van der Waals surface area contributed by atoms with E-state index in [4.69, 9.17) is 0 Å². The summed E-state index contributed by atoms with van der Waals surface area (Å²) in [5.41, 5.74) is 1.21. The van der Waals surface area contributed by atoms with Crippen molar-refractivity contribution in [3.63, 3.8) is 0 Å². The molecule has 1 aromatic carbocycles. The lowest BCUT2D eigenvalue weighted by atomic mass is 10.1. The van der Waals surface area contributed by atoms with E-state index in [9.17, 15) is 14.9 Å². The predicted octanol–water partition coefficient (Wildman–Crippen LogP) is 3.48. The number of hydrogen-bond acceptors (Lipinski definition) is 4. The van der Waals surface area contributed by atoms with Gasteiger partial charge in [0.1, 0.15) is 5.69 Å². The normalized spacial score (nSPS) is 10.8. The SMILES string of the molecule is CC(C)c1[nH]nc(C(=O)Nc2cccc(-n3cccc3)c2)c1[N+](=O)[O-]. The molecule has 2 aromatic heterocycles. The summed E-state index contributed by atoms with van der Waals surface area (Å²) in [6, 6.07) is 11.0. The summed E-state index contributed by atoms with van der Waals surface area (Å²) >= 11 is 0. The number of H-pyrrole nitrogens is 1. The third-order valence-corrected chi connectivity index (χ3v) is 3.75. The molecule has 0 spiro atoms. The number of anilines is 1. The number of carbonyl (C=O) groups is 1. The zero-order chi connectivity index (χ0) is 18.0. The Bertz CT molecular complexity index is 912. The fraction of sp³-hybridized carbons (Fsp3) is 0.176. The first-order chi connectivity index (χ1) is 12.0. The molecule has 1 amide bonds. The molecule has 8 nitrogen and oxygen atoms in total. The van der Waals surface area contributed by atoms with Gasteiger partial charge in [-0.3, -0.25) is 20.0 Å². The van der Waals surface area contributed by atoms with Crippen LogP contribution in [0.15, 0.2) is 48.8 Å². The standard InChI is InChI=1S/C17H17N5O3/c1-11(2)14-16(22(24)25)15(20-19-14)17(23)18-12-6-5-7-13(10-12)21-8-3-4-9-21/h3-11H,1-2H3,(H,18,23)(H,19,20). The molecule has 0 bridgehead atoms. The van der Waals surface area contributed by atoms with Crippen molar-refractivity contribution >= 4 is 17.3 Å². The maximum Gasteiger partial charge on any atom is 0.323 e. The molecule has 3 rings (SSSR count). The molecule has 0 aliphatic carbocycles. The van der Waals surface area contributed by atoms with E-state index in [1.807, 2.05) is 35.2 Å². The van der Waals surface area contributed by atoms with Crippen LogP contribution in [0.2, 0.25) is 0 Å². The number of amides is 1. The molecule has 0 saturated carbocycles. The van der Waals surface area contributed by atoms with Crippen molar-refractivity contribution in [2.24, 2.45) is 0 Å². The minimum absolute atomic E-state index is 0.147. The zero-order valence-electron chi connectivity index (χ0n) is 13.8. The van der Waals surface area contributed by atoms with E-state index in [-0.39, 0.29) is 17.3 Å². The van der Waals surface area contributed by atoms with Crippen LogP contribution in [0, 0.1) is 10.1 Å². The fourth-order valence-corrected chi connectivity index (χ4v) is 2.54. The van der Waals surface area contributed by atoms with Crippen molar-refractivity contribution in [1.29, 1.82) is 0 Å². The highest BCUT2D eigenvalue weighted by molar-refractivity contribution is 6.06. The molecular formula is C17H17N5O3. The Hall–Kier alpha value is -3.42. The Morgan fingerprint density at radius 1 is 1.28 bits per heavy atom. The fourth-order valence-electron chi connectivity index (χ4n) is 2.54. The summed E-state index contributed by atoms with van der Waals surface area (Å²) in [5, 5.41) is 20.4. The number of carbonyl (C=O) groups excluding carboxylic acids is 1. The highest BCUT2D eigenvalue weighted by atomic mass is 16.6. The molecule has 128 valence electrons. The van der Waals surface area contributed by atoms with Crippen molar-refractivity contribution in [3.8, 4) is 5.69 Å². The highest BCUT2D eigenvalue weighted by Gasteiger charge is 2.30. The minimum atomic E-state index is -0.625. The van der Waals surface area contributed by atoms with E-state index in [2.05, 4.69) is 15.5 Å². The molecule has 0 radical (unpaired) electrons. The average molecular weight is 339 g/mol. The molecule has 0 unspecified atom stereocenters. The van der Waals surface area contributed by atoms with E-state index in [1.165, 1.54) is 0 Å². The molecule has 2 N–H and O–H groups in total. The van der Waals surface area contributed by atoms with Gasteiger partial charge in [0, 0.05) is 29.7 Å². The van der Waals surface area contributed by atoms with Crippen LogP contribution < -0.4 is 5.32 Å².